The fourth-order valence-electron chi connectivity index (χ4n) is 3.71. The quantitative estimate of drug-likeness (QED) is 0.135. The van der Waals surface area contributed by atoms with Crippen LogP contribution in [0.4, 0.5) is 0 Å². The van der Waals surface area contributed by atoms with Gasteiger partial charge in [0.15, 0.2) is 0 Å². The second-order valence-electron chi connectivity index (χ2n) is 8.94. The fourth-order valence-corrected chi connectivity index (χ4v) is 3.71. The van der Waals surface area contributed by atoms with E-state index in [0.29, 0.717) is 6.42 Å². The van der Waals surface area contributed by atoms with Crippen LogP contribution in [-0.2, 0) is 19.1 Å². The number of aliphatic carboxylic acids is 1. The van der Waals surface area contributed by atoms with Crippen LogP contribution in [-0.4, -0.2) is 35.6 Å². The van der Waals surface area contributed by atoms with Gasteiger partial charge in [-0.05, 0) is 12.8 Å². The van der Waals surface area contributed by atoms with E-state index in [-0.39, 0.29) is 12.5 Å². The third-order valence-electron chi connectivity index (χ3n) is 5.75. The van der Waals surface area contributed by atoms with Gasteiger partial charge in [0.2, 0.25) is 5.91 Å². The number of rotatable bonds is 23. The Morgan fingerprint density at radius 2 is 1.12 bits per heavy atom. The summed E-state index contributed by atoms with van der Waals surface area (Å²) >= 11 is 0. The number of carboxylic acid groups (broad SMARTS) is 1. The van der Waals surface area contributed by atoms with Gasteiger partial charge in [-0.2, -0.15) is 0 Å². The van der Waals surface area contributed by atoms with Crippen molar-refractivity contribution in [2.45, 2.75) is 142 Å². The Labute approximate surface area is 196 Å². The first-order chi connectivity index (χ1) is 15.5. The van der Waals surface area contributed by atoms with Crippen LogP contribution < -0.4 is 5.32 Å². The molecule has 1 unspecified atom stereocenters. The maximum absolute atomic E-state index is 12.1. The Bertz CT molecular complexity index is 481. The predicted octanol–water partition coefficient (Wildman–Crippen LogP) is 6.55. The molecule has 0 saturated heterocycles. The average molecular weight is 456 g/mol. The molecular weight excluding hydrogens is 406 g/mol. The van der Waals surface area contributed by atoms with Crippen LogP contribution in [0.1, 0.15) is 136 Å². The van der Waals surface area contributed by atoms with E-state index in [0.717, 1.165) is 32.1 Å². The monoisotopic (exact) mass is 455 g/mol. The molecule has 0 radical (unpaired) electrons. The highest BCUT2D eigenvalue weighted by molar-refractivity contribution is 5.87. The van der Waals surface area contributed by atoms with Gasteiger partial charge in [0.1, 0.15) is 6.04 Å². The first-order valence-corrected chi connectivity index (χ1v) is 13.2. The molecule has 2 N–H and O–H groups in total. The van der Waals surface area contributed by atoms with E-state index in [1.807, 2.05) is 6.92 Å². The Hall–Kier alpha value is -1.59. The zero-order valence-electron chi connectivity index (χ0n) is 20.8. The van der Waals surface area contributed by atoms with Gasteiger partial charge in [0.05, 0.1) is 13.0 Å². The number of hydrogen-bond acceptors (Lipinski definition) is 4. The predicted molar refractivity (Wildman–Crippen MR) is 130 cm³/mol. The molecule has 6 heteroatoms. The minimum absolute atomic E-state index is 0.250. The highest BCUT2D eigenvalue weighted by Gasteiger charge is 2.24. The van der Waals surface area contributed by atoms with Crippen molar-refractivity contribution in [1.82, 2.24) is 5.32 Å². The van der Waals surface area contributed by atoms with Crippen molar-refractivity contribution < 1.29 is 24.2 Å². The largest absolute Gasteiger partial charge is 0.481 e. The van der Waals surface area contributed by atoms with E-state index in [1.165, 1.54) is 77.0 Å². The lowest BCUT2D eigenvalue weighted by molar-refractivity contribution is -0.151. The molecular formula is C26H49NO5. The van der Waals surface area contributed by atoms with E-state index in [2.05, 4.69) is 12.2 Å². The molecule has 0 saturated carbocycles. The summed E-state index contributed by atoms with van der Waals surface area (Å²) in [5.41, 5.74) is 0. The molecule has 1 atom stereocenters. The van der Waals surface area contributed by atoms with Crippen molar-refractivity contribution in [3.05, 3.63) is 0 Å². The van der Waals surface area contributed by atoms with Crippen LogP contribution in [0.3, 0.4) is 0 Å². The highest BCUT2D eigenvalue weighted by Crippen LogP contribution is 2.13. The number of amides is 1. The van der Waals surface area contributed by atoms with E-state index in [9.17, 15) is 14.4 Å². The second kappa shape index (κ2) is 22.6. The minimum atomic E-state index is -1.13. The Morgan fingerprint density at radius 3 is 1.56 bits per heavy atom. The number of hydrogen-bond donors (Lipinski definition) is 2. The van der Waals surface area contributed by atoms with E-state index >= 15 is 0 Å². The SMILES string of the molecule is CCCCCCCCCCCCCCCCCC(=O)NC(CC(=O)O)C(=O)OCCCC. The van der Waals surface area contributed by atoms with E-state index in [4.69, 9.17) is 9.84 Å². The van der Waals surface area contributed by atoms with Crippen molar-refractivity contribution in [3.8, 4) is 0 Å². The van der Waals surface area contributed by atoms with E-state index < -0.39 is 24.4 Å². The van der Waals surface area contributed by atoms with Crippen molar-refractivity contribution in [1.29, 1.82) is 0 Å². The number of ether oxygens (including phenoxy) is 1. The zero-order chi connectivity index (χ0) is 23.9. The van der Waals surface area contributed by atoms with Gasteiger partial charge in [0.25, 0.3) is 0 Å². The molecule has 0 aliphatic heterocycles. The third kappa shape index (κ3) is 20.3. The standard InChI is InChI=1S/C26H49NO5/c1-3-5-7-8-9-10-11-12-13-14-15-16-17-18-19-20-24(28)27-23(22-25(29)30)26(31)32-21-6-4-2/h23H,3-22H2,1-2H3,(H,27,28)(H,29,30). The normalized spacial score (nSPS) is 11.8. The van der Waals surface area contributed by atoms with Crippen molar-refractivity contribution >= 4 is 17.8 Å². The molecule has 0 aliphatic rings. The molecule has 0 heterocycles. The molecule has 0 aliphatic carbocycles. The lowest BCUT2D eigenvalue weighted by Crippen LogP contribution is -2.43. The smallest absolute Gasteiger partial charge is 0.329 e. The lowest BCUT2D eigenvalue weighted by atomic mass is 10.0. The van der Waals surface area contributed by atoms with Crippen molar-refractivity contribution in [3.63, 3.8) is 0 Å². The van der Waals surface area contributed by atoms with Gasteiger partial charge in [0, 0.05) is 6.42 Å². The van der Waals surface area contributed by atoms with Crippen LogP contribution in [0.2, 0.25) is 0 Å². The van der Waals surface area contributed by atoms with Gasteiger partial charge in [-0.3, -0.25) is 9.59 Å². The summed E-state index contributed by atoms with van der Waals surface area (Å²) in [6.07, 6.45) is 20.4. The minimum Gasteiger partial charge on any atom is -0.481 e. The molecule has 32 heavy (non-hydrogen) atoms. The van der Waals surface area contributed by atoms with Crippen LogP contribution in [0.15, 0.2) is 0 Å². The molecule has 0 fully saturated rings. The van der Waals surface area contributed by atoms with Gasteiger partial charge in [-0.15, -0.1) is 0 Å². The Morgan fingerprint density at radius 1 is 0.688 bits per heavy atom. The molecule has 0 aromatic heterocycles. The molecule has 1 amide bonds. The van der Waals surface area contributed by atoms with Crippen LogP contribution in [0, 0.1) is 0 Å². The number of carboxylic acids is 1. The zero-order valence-corrected chi connectivity index (χ0v) is 20.8. The van der Waals surface area contributed by atoms with Crippen LogP contribution in [0.25, 0.3) is 0 Å². The fraction of sp³-hybridized carbons (Fsp3) is 0.885. The third-order valence-corrected chi connectivity index (χ3v) is 5.75. The second-order valence-corrected chi connectivity index (χ2v) is 8.94. The number of unbranched alkanes of at least 4 members (excludes halogenated alkanes) is 15. The Kier molecular flexibility index (Phi) is 21.5. The van der Waals surface area contributed by atoms with Crippen LogP contribution >= 0.6 is 0 Å². The Balaban J connectivity index is 3.67. The number of nitrogens with one attached hydrogen (secondary N) is 1. The average Bonchev–Trinajstić information content (AvgIpc) is 2.75. The molecule has 0 spiro atoms. The van der Waals surface area contributed by atoms with Gasteiger partial charge in [-0.25, -0.2) is 4.79 Å². The lowest BCUT2D eigenvalue weighted by Gasteiger charge is -2.16. The number of carbonyl (C=O) groups excluding carboxylic acids is 2. The van der Waals surface area contributed by atoms with Crippen molar-refractivity contribution in [2.75, 3.05) is 6.61 Å². The number of carbonyl (C=O) groups is 3. The van der Waals surface area contributed by atoms with Gasteiger partial charge >= 0.3 is 11.9 Å². The molecule has 0 rings (SSSR count). The summed E-state index contributed by atoms with van der Waals surface area (Å²) in [6.45, 7) is 4.48. The maximum Gasteiger partial charge on any atom is 0.329 e. The maximum atomic E-state index is 12.1. The summed E-state index contributed by atoms with van der Waals surface area (Å²) < 4.78 is 5.06. The highest BCUT2D eigenvalue weighted by atomic mass is 16.5. The summed E-state index contributed by atoms with van der Waals surface area (Å²) in [5.74, 6) is -2.07. The van der Waals surface area contributed by atoms with Gasteiger partial charge < -0.3 is 15.2 Å². The molecule has 188 valence electrons. The first-order valence-electron chi connectivity index (χ1n) is 13.2. The first kappa shape index (κ1) is 30.4. The summed E-state index contributed by atoms with van der Waals surface area (Å²) in [5, 5.41) is 11.5. The summed E-state index contributed by atoms with van der Waals surface area (Å²) in [4.78, 5) is 35.1. The number of esters is 1. The molecule has 0 aromatic rings. The van der Waals surface area contributed by atoms with Gasteiger partial charge in [-0.1, -0.05) is 110 Å². The van der Waals surface area contributed by atoms with Crippen LogP contribution in [0.5, 0.6) is 0 Å². The molecule has 0 bridgehead atoms. The van der Waals surface area contributed by atoms with E-state index in [1.54, 1.807) is 0 Å². The topological polar surface area (TPSA) is 92.7 Å². The summed E-state index contributed by atoms with van der Waals surface area (Å²) in [6, 6.07) is -1.10. The van der Waals surface area contributed by atoms with Crippen molar-refractivity contribution in [2.24, 2.45) is 0 Å². The molecule has 0 aromatic carbocycles. The summed E-state index contributed by atoms with van der Waals surface area (Å²) in [7, 11) is 0. The molecule has 6 nitrogen and oxygen atoms in total.